The molecule has 0 saturated carbocycles. The van der Waals surface area contributed by atoms with Gasteiger partial charge < -0.3 is 9.47 Å². The van der Waals surface area contributed by atoms with Crippen LogP contribution in [0.5, 0.6) is 5.75 Å². The highest BCUT2D eigenvalue weighted by Gasteiger charge is 2.03. The van der Waals surface area contributed by atoms with Gasteiger partial charge in [0.05, 0.1) is 13.7 Å². The minimum absolute atomic E-state index is 0.711. The summed E-state index contributed by atoms with van der Waals surface area (Å²) in [5.74, 6) is 3.42. The highest BCUT2D eigenvalue weighted by molar-refractivity contribution is 5.43. The molecule has 0 aliphatic heterocycles. The van der Waals surface area contributed by atoms with Crippen molar-refractivity contribution in [1.29, 1.82) is 0 Å². The van der Waals surface area contributed by atoms with Crippen LogP contribution in [0.15, 0.2) is 18.2 Å². The van der Waals surface area contributed by atoms with Gasteiger partial charge >= 0.3 is 0 Å². The Morgan fingerprint density at radius 3 is 2.80 bits per heavy atom. The van der Waals surface area contributed by atoms with Crippen molar-refractivity contribution in [3.63, 3.8) is 0 Å². The molecule has 0 saturated heterocycles. The molecule has 0 heterocycles. The molecule has 0 aliphatic rings. The van der Waals surface area contributed by atoms with Gasteiger partial charge in [0, 0.05) is 12.2 Å². The number of hydrogen-bond donors (Lipinski definition) is 0. The van der Waals surface area contributed by atoms with Crippen LogP contribution in [0.3, 0.4) is 0 Å². The Balaban J connectivity index is 2.75. The molecule has 0 aliphatic carbocycles. The van der Waals surface area contributed by atoms with Crippen molar-refractivity contribution < 1.29 is 9.47 Å². The summed E-state index contributed by atoms with van der Waals surface area (Å²) in [6, 6.07) is 5.79. The summed E-state index contributed by atoms with van der Waals surface area (Å²) >= 11 is 0. The molecule has 0 atom stereocenters. The predicted molar refractivity (Wildman–Crippen MR) is 61.1 cm³/mol. The smallest absolute Gasteiger partial charge is 0.123 e. The highest BCUT2D eigenvalue weighted by atomic mass is 16.5. The van der Waals surface area contributed by atoms with E-state index < -0.39 is 0 Å². The molecule has 0 unspecified atom stereocenters. The Bertz CT molecular complexity index is 350. The highest BCUT2D eigenvalue weighted by Crippen LogP contribution is 2.20. The maximum atomic E-state index is 5.31. The third-order valence-electron chi connectivity index (χ3n) is 2.17. The summed E-state index contributed by atoms with van der Waals surface area (Å²) in [6.45, 7) is 3.44. The number of methoxy groups -OCH3 is 1. The van der Waals surface area contributed by atoms with E-state index in [1.54, 1.807) is 7.11 Å². The monoisotopic (exact) mass is 204 g/mol. The van der Waals surface area contributed by atoms with Gasteiger partial charge in [0.2, 0.25) is 0 Å². The van der Waals surface area contributed by atoms with Gasteiger partial charge in [-0.15, -0.1) is 6.42 Å². The molecule has 1 aromatic rings. The van der Waals surface area contributed by atoms with Gasteiger partial charge in [0.1, 0.15) is 5.75 Å². The Morgan fingerprint density at radius 2 is 2.20 bits per heavy atom. The van der Waals surface area contributed by atoms with Crippen LogP contribution in [0, 0.1) is 12.3 Å². The van der Waals surface area contributed by atoms with E-state index in [9.17, 15) is 0 Å². The fourth-order valence-corrected chi connectivity index (χ4v) is 1.37. The third kappa shape index (κ3) is 3.30. The van der Waals surface area contributed by atoms with Gasteiger partial charge in [0.15, 0.2) is 0 Å². The molecule has 1 aromatic carbocycles. The molecule has 0 aromatic heterocycles. The maximum absolute atomic E-state index is 5.31. The van der Waals surface area contributed by atoms with Crippen LogP contribution in [0.1, 0.15) is 18.1 Å². The van der Waals surface area contributed by atoms with Crippen LogP contribution in [-0.2, 0) is 11.2 Å². The molecular formula is C13H16O2. The second kappa shape index (κ2) is 6.10. The van der Waals surface area contributed by atoms with Crippen LogP contribution in [0.2, 0.25) is 0 Å². The molecule has 0 fully saturated rings. The lowest BCUT2D eigenvalue weighted by Gasteiger charge is -2.08. The molecule has 2 nitrogen and oxygen atoms in total. The summed E-state index contributed by atoms with van der Waals surface area (Å²) in [5, 5.41) is 0. The number of terminal acetylenes is 1. The van der Waals surface area contributed by atoms with Crippen LogP contribution in [0.4, 0.5) is 0 Å². The van der Waals surface area contributed by atoms with Gasteiger partial charge in [0.25, 0.3) is 0 Å². The van der Waals surface area contributed by atoms with Crippen molar-refractivity contribution in [2.75, 3.05) is 20.3 Å². The molecule has 0 amide bonds. The molecule has 1 rings (SSSR count). The lowest BCUT2D eigenvalue weighted by Crippen LogP contribution is -2.00. The van der Waals surface area contributed by atoms with E-state index in [0.29, 0.717) is 6.61 Å². The van der Waals surface area contributed by atoms with Crippen molar-refractivity contribution in [1.82, 2.24) is 0 Å². The average Bonchev–Trinajstić information content (AvgIpc) is 2.29. The molecule has 0 N–H and O–H groups in total. The van der Waals surface area contributed by atoms with E-state index in [1.807, 2.05) is 25.1 Å². The Kier molecular flexibility index (Phi) is 4.73. The molecule has 15 heavy (non-hydrogen) atoms. The zero-order valence-corrected chi connectivity index (χ0v) is 9.25. The molecule has 0 radical (unpaired) electrons. The van der Waals surface area contributed by atoms with E-state index in [2.05, 4.69) is 5.92 Å². The van der Waals surface area contributed by atoms with Gasteiger partial charge in [-0.25, -0.2) is 0 Å². The lowest BCUT2D eigenvalue weighted by molar-refractivity contribution is 0.150. The minimum Gasteiger partial charge on any atom is -0.496 e. The largest absolute Gasteiger partial charge is 0.496 e. The van der Waals surface area contributed by atoms with Crippen LogP contribution < -0.4 is 4.74 Å². The summed E-state index contributed by atoms with van der Waals surface area (Å²) < 4.78 is 10.6. The van der Waals surface area contributed by atoms with Crippen LogP contribution >= 0.6 is 0 Å². The maximum Gasteiger partial charge on any atom is 0.123 e. The van der Waals surface area contributed by atoms with Crippen molar-refractivity contribution in [3.05, 3.63) is 29.3 Å². The van der Waals surface area contributed by atoms with Crippen LogP contribution in [-0.4, -0.2) is 20.3 Å². The summed E-state index contributed by atoms with van der Waals surface area (Å²) in [6.07, 6.45) is 6.16. The number of rotatable bonds is 5. The lowest BCUT2D eigenvalue weighted by atomic mass is 10.1. The SMILES string of the molecule is C#Cc1ccc(CCOCC)c(OC)c1. The van der Waals surface area contributed by atoms with E-state index in [4.69, 9.17) is 15.9 Å². The zero-order valence-electron chi connectivity index (χ0n) is 9.25. The van der Waals surface area contributed by atoms with E-state index in [-0.39, 0.29) is 0 Å². The van der Waals surface area contributed by atoms with Crippen molar-refractivity contribution >= 4 is 0 Å². The molecule has 0 spiro atoms. The number of ether oxygens (including phenoxy) is 2. The van der Waals surface area contributed by atoms with Crippen molar-refractivity contribution in [3.8, 4) is 18.1 Å². The molecule has 0 bridgehead atoms. The van der Waals surface area contributed by atoms with Gasteiger partial charge in [-0.2, -0.15) is 0 Å². The number of benzene rings is 1. The zero-order chi connectivity index (χ0) is 11.1. The second-order valence-corrected chi connectivity index (χ2v) is 3.12. The van der Waals surface area contributed by atoms with E-state index in [1.165, 1.54) is 0 Å². The molecule has 2 heteroatoms. The molecule has 80 valence electrons. The summed E-state index contributed by atoms with van der Waals surface area (Å²) in [7, 11) is 1.65. The normalized spacial score (nSPS) is 9.67. The van der Waals surface area contributed by atoms with Crippen molar-refractivity contribution in [2.24, 2.45) is 0 Å². The second-order valence-electron chi connectivity index (χ2n) is 3.12. The standard InChI is InChI=1S/C13H16O2/c1-4-11-6-7-12(8-9-15-5-2)13(10-11)14-3/h1,6-7,10H,5,8-9H2,2-3H3. The first-order valence-corrected chi connectivity index (χ1v) is 5.03. The van der Waals surface area contributed by atoms with E-state index >= 15 is 0 Å². The van der Waals surface area contributed by atoms with E-state index in [0.717, 1.165) is 29.9 Å². The summed E-state index contributed by atoms with van der Waals surface area (Å²) in [4.78, 5) is 0. The Morgan fingerprint density at radius 1 is 1.40 bits per heavy atom. The third-order valence-corrected chi connectivity index (χ3v) is 2.17. The van der Waals surface area contributed by atoms with Crippen LogP contribution in [0.25, 0.3) is 0 Å². The van der Waals surface area contributed by atoms with Crippen molar-refractivity contribution in [2.45, 2.75) is 13.3 Å². The Labute approximate surface area is 91.2 Å². The van der Waals surface area contributed by atoms with Gasteiger partial charge in [-0.1, -0.05) is 12.0 Å². The number of hydrogen-bond acceptors (Lipinski definition) is 2. The fraction of sp³-hybridized carbons (Fsp3) is 0.385. The molecular weight excluding hydrogens is 188 g/mol. The van der Waals surface area contributed by atoms with Gasteiger partial charge in [-0.05, 0) is 31.0 Å². The quantitative estimate of drug-likeness (QED) is 0.541. The predicted octanol–water partition coefficient (Wildman–Crippen LogP) is 2.26. The average molecular weight is 204 g/mol. The minimum atomic E-state index is 0.711. The summed E-state index contributed by atoms with van der Waals surface area (Å²) in [5.41, 5.74) is 1.97. The topological polar surface area (TPSA) is 18.5 Å². The Hall–Kier alpha value is -1.46. The van der Waals surface area contributed by atoms with Gasteiger partial charge in [-0.3, -0.25) is 0 Å². The first kappa shape index (κ1) is 11.6. The fourth-order valence-electron chi connectivity index (χ4n) is 1.37. The first-order chi connectivity index (χ1) is 7.31. The first-order valence-electron chi connectivity index (χ1n) is 5.03.